The van der Waals surface area contributed by atoms with Crippen LogP contribution in [-0.2, 0) is 6.42 Å². The van der Waals surface area contributed by atoms with E-state index in [0.717, 1.165) is 24.4 Å². The lowest BCUT2D eigenvalue weighted by molar-refractivity contribution is 0.342. The molecule has 0 spiro atoms. The van der Waals surface area contributed by atoms with Crippen LogP contribution in [0.3, 0.4) is 0 Å². The van der Waals surface area contributed by atoms with Crippen LogP contribution in [0.4, 0.5) is 11.4 Å². The fourth-order valence-electron chi connectivity index (χ4n) is 2.21. The molecule has 0 aliphatic carbocycles. The van der Waals surface area contributed by atoms with E-state index in [2.05, 4.69) is 36.2 Å². The Morgan fingerprint density at radius 2 is 1.80 bits per heavy atom. The number of anilines is 2. The summed E-state index contributed by atoms with van der Waals surface area (Å²) < 4.78 is 5.54. The van der Waals surface area contributed by atoms with Crippen LogP contribution in [0.5, 0.6) is 5.75 Å². The summed E-state index contributed by atoms with van der Waals surface area (Å²) in [5.41, 5.74) is 9.24. The van der Waals surface area contributed by atoms with Crippen molar-refractivity contribution in [2.75, 3.05) is 30.8 Å². The number of likely N-dealkylation sites (N-methyl/N-ethyl adjacent to an activating group) is 1. The van der Waals surface area contributed by atoms with Gasteiger partial charge < -0.3 is 15.4 Å². The first-order valence-electron chi connectivity index (χ1n) is 6.98. The van der Waals surface area contributed by atoms with Crippen LogP contribution < -0.4 is 15.4 Å². The Hall–Kier alpha value is -2.16. The van der Waals surface area contributed by atoms with Crippen LogP contribution >= 0.6 is 0 Å². The molecule has 2 rings (SSSR count). The average Bonchev–Trinajstić information content (AvgIpc) is 2.48. The highest BCUT2D eigenvalue weighted by Crippen LogP contribution is 2.31. The van der Waals surface area contributed by atoms with Crippen molar-refractivity contribution in [3.8, 4) is 5.75 Å². The van der Waals surface area contributed by atoms with E-state index in [4.69, 9.17) is 10.5 Å². The molecule has 0 amide bonds. The van der Waals surface area contributed by atoms with E-state index >= 15 is 0 Å². The van der Waals surface area contributed by atoms with Gasteiger partial charge in [0.2, 0.25) is 0 Å². The number of para-hydroxylation sites is 1. The minimum absolute atomic E-state index is 0.626. The third-order valence-corrected chi connectivity index (χ3v) is 3.33. The molecule has 0 radical (unpaired) electrons. The molecule has 0 aliphatic rings. The van der Waals surface area contributed by atoms with Gasteiger partial charge in [-0.3, -0.25) is 0 Å². The zero-order valence-corrected chi connectivity index (χ0v) is 12.2. The van der Waals surface area contributed by atoms with Gasteiger partial charge in [0.1, 0.15) is 5.75 Å². The molecule has 2 N–H and O–H groups in total. The Morgan fingerprint density at radius 3 is 2.50 bits per heavy atom. The molecule has 0 saturated heterocycles. The summed E-state index contributed by atoms with van der Waals surface area (Å²) >= 11 is 0. The number of ether oxygens (including phenoxy) is 1. The summed E-state index contributed by atoms with van der Waals surface area (Å²) in [7, 11) is 2.06. The van der Waals surface area contributed by atoms with Crippen LogP contribution in [-0.4, -0.2) is 20.2 Å². The zero-order valence-electron chi connectivity index (χ0n) is 12.2. The van der Waals surface area contributed by atoms with E-state index in [0.29, 0.717) is 12.3 Å². The molecular formula is C17H22N2O. The van der Waals surface area contributed by atoms with Crippen molar-refractivity contribution < 1.29 is 4.74 Å². The molecular weight excluding hydrogens is 248 g/mol. The van der Waals surface area contributed by atoms with E-state index in [1.165, 1.54) is 5.56 Å². The van der Waals surface area contributed by atoms with E-state index < -0.39 is 0 Å². The van der Waals surface area contributed by atoms with Crippen molar-refractivity contribution in [3.05, 3.63) is 54.1 Å². The van der Waals surface area contributed by atoms with E-state index in [1.54, 1.807) is 0 Å². The third kappa shape index (κ3) is 3.44. The normalized spacial score (nSPS) is 10.3. The van der Waals surface area contributed by atoms with Gasteiger partial charge in [-0.05, 0) is 31.0 Å². The number of nitrogens with two attached hydrogens (primary N) is 1. The van der Waals surface area contributed by atoms with Gasteiger partial charge in [0.05, 0.1) is 18.0 Å². The Bertz CT molecular complexity index is 540. The molecule has 0 saturated carbocycles. The monoisotopic (exact) mass is 270 g/mol. The number of nitrogen functional groups attached to an aromatic ring is 1. The highest BCUT2D eigenvalue weighted by molar-refractivity contribution is 5.73. The van der Waals surface area contributed by atoms with Gasteiger partial charge in [-0.2, -0.15) is 0 Å². The molecule has 0 bridgehead atoms. The van der Waals surface area contributed by atoms with E-state index in [-0.39, 0.29) is 0 Å². The van der Waals surface area contributed by atoms with E-state index in [1.807, 2.05) is 31.2 Å². The minimum atomic E-state index is 0.626. The Kier molecular flexibility index (Phi) is 4.88. The van der Waals surface area contributed by atoms with Crippen LogP contribution in [0.2, 0.25) is 0 Å². The van der Waals surface area contributed by atoms with Crippen LogP contribution in [0.15, 0.2) is 48.5 Å². The fraction of sp³-hybridized carbons (Fsp3) is 0.294. The number of hydrogen-bond donors (Lipinski definition) is 1. The van der Waals surface area contributed by atoms with Gasteiger partial charge in [-0.25, -0.2) is 0 Å². The molecule has 0 unspecified atom stereocenters. The Labute approximate surface area is 121 Å². The molecule has 0 heterocycles. The number of nitrogens with zero attached hydrogens (tertiary/aromatic N) is 1. The van der Waals surface area contributed by atoms with E-state index in [9.17, 15) is 0 Å². The summed E-state index contributed by atoms with van der Waals surface area (Å²) in [6.45, 7) is 3.51. The van der Waals surface area contributed by atoms with Gasteiger partial charge in [-0.1, -0.05) is 36.4 Å². The van der Waals surface area contributed by atoms with Crippen LogP contribution in [0.1, 0.15) is 12.5 Å². The predicted octanol–water partition coefficient (Wildman–Crippen LogP) is 3.35. The minimum Gasteiger partial charge on any atom is -0.492 e. The fourth-order valence-corrected chi connectivity index (χ4v) is 2.21. The first-order valence-corrected chi connectivity index (χ1v) is 6.98. The smallest absolute Gasteiger partial charge is 0.144 e. The van der Waals surface area contributed by atoms with Crippen LogP contribution in [0, 0.1) is 0 Å². The first kappa shape index (κ1) is 14.3. The molecule has 2 aromatic rings. The largest absolute Gasteiger partial charge is 0.492 e. The lowest BCUT2D eigenvalue weighted by Gasteiger charge is -2.22. The lowest BCUT2D eigenvalue weighted by atomic mass is 10.1. The van der Waals surface area contributed by atoms with Crippen molar-refractivity contribution in [2.45, 2.75) is 13.3 Å². The number of hydrogen-bond acceptors (Lipinski definition) is 3. The van der Waals surface area contributed by atoms with Gasteiger partial charge in [0.25, 0.3) is 0 Å². The van der Waals surface area contributed by atoms with Crippen molar-refractivity contribution >= 4 is 11.4 Å². The van der Waals surface area contributed by atoms with Crippen molar-refractivity contribution in [1.82, 2.24) is 0 Å². The van der Waals surface area contributed by atoms with Gasteiger partial charge >= 0.3 is 0 Å². The van der Waals surface area contributed by atoms with Crippen molar-refractivity contribution in [1.29, 1.82) is 0 Å². The maximum absolute atomic E-state index is 6.17. The molecule has 0 aliphatic heterocycles. The highest BCUT2D eigenvalue weighted by Gasteiger charge is 2.09. The summed E-state index contributed by atoms with van der Waals surface area (Å²) in [4.78, 5) is 2.17. The summed E-state index contributed by atoms with van der Waals surface area (Å²) in [5, 5.41) is 0. The number of benzene rings is 2. The summed E-state index contributed by atoms with van der Waals surface area (Å²) in [5.74, 6) is 0.761. The van der Waals surface area contributed by atoms with Crippen LogP contribution in [0.25, 0.3) is 0 Å². The molecule has 3 nitrogen and oxygen atoms in total. The second kappa shape index (κ2) is 6.85. The Balaban J connectivity index is 2.05. The van der Waals surface area contributed by atoms with Gasteiger partial charge in [0.15, 0.2) is 0 Å². The van der Waals surface area contributed by atoms with Gasteiger partial charge in [-0.15, -0.1) is 0 Å². The number of rotatable bonds is 6. The standard InChI is InChI=1S/C17H22N2O/c1-3-20-16-11-7-10-15(17(16)18)19(2)13-12-14-8-5-4-6-9-14/h4-11H,3,12-13,18H2,1-2H3. The Morgan fingerprint density at radius 1 is 1.05 bits per heavy atom. The molecule has 0 aromatic heterocycles. The molecule has 0 atom stereocenters. The summed E-state index contributed by atoms with van der Waals surface area (Å²) in [6.07, 6.45) is 0.996. The van der Waals surface area contributed by atoms with Crippen molar-refractivity contribution in [3.63, 3.8) is 0 Å². The molecule has 2 aromatic carbocycles. The highest BCUT2D eigenvalue weighted by atomic mass is 16.5. The molecule has 0 fully saturated rings. The SMILES string of the molecule is CCOc1cccc(N(C)CCc2ccccc2)c1N. The quantitative estimate of drug-likeness (QED) is 0.818. The molecule has 3 heteroatoms. The molecule has 20 heavy (non-hydrogen) atoms. The third-order valence-electron chi connectivity index (χ3n) is 3.33. The lowest BCUT2D eigenvalue weighted by Crippen LogP contribution is -2.21. The second-order valence-electron chi connectivity index (χ2n) is 4.78. The predicted molar refractivity (Wildman–Crippen MR) is 85.4 cm³/mol. The summed E-state index contributed by atoms with van der Waals surface area (Å²) in [6, 6.07) is 16.4. The topological polar surface area (TPSA) is 38.5 Å². The maximum atomic E-state index is 6.17. The average molecular weight is 270 g/mol. The molecule has 106 valence electrons. The maximum Gasteiger partial charge on any atom is 0.144 e. The zero-order chi connectivity index (χ0) is 14.4. The van der Waals surface area contributed by atoms with Crippen molar-refractivity contribution in [2.24, 2.45) is 0 Å². The first-order chi connectivity index (χ1) is 9.72. The second-order valence-corrected chi connectivity index (χ2v) is 4.78. The van der Waals surface area contributed by atoms with Gasteiger partial charge in [0, 0.05) is 13.6 Å².